The number of hydrogen-bond donors (Lipinski definition) is 2. The lowest BCUT2D eigenvalue weighted by Crippen LogP contribution is -2.46. The third-order valence-electron chi connectivity index (χ3n) is 2.76. The zero-order valence-corrected chi connectivity index (χ0v) is 7.88. The minimum atomic E-state index is -0.0661. The molecule has 0 aromatic carbocycles. The summed E-state index contributed by atoms with van der Waals surface area (Å²) in [5, 5.41) is 5.66. The topological polar surface area (TPSA) is 50.4 Å². The molecule has 2 amide bonds. The second-order valence-electron chi connectivity index (χ2n) is 3.72. The predicted octanol–water partition coefficient (Wildman–Crippen LogP) is 0.625. The molecule has 0 spiro atoms. The quantitative estimate of drug-likeness (QED) is 0.661. The third-order valence-corrected chi connectivity index (χ3v) is 2.76. The first-order valence-electron chi connectivity index (χ1n) is 4.99. The van der Waals surface area contributed by atoms with Crippen LogP contribution in [0, 0.1) is 0 Å². The average Bonchev–Trinajstić information content (AvgIpc) is 2.65. The molecule has 2 rings (SSSR count). The predicted molar refractivity (Wildman–Crippen MR) is 48.5 cm³/mol. The van der Waals surface area contributed by atoms with Crippen molar-refractivity contribution in [1.82, 2.24) is 10.6 Å². The largest absolute Gasteiger partial charge is 0.373 e. The Morgan fingerprint density at radius 3 is 2.92 bits per heavy atom. The molecular formula is C9H16N2O2. The Bertz CT molecular complexity index is 208. The van der Waals surface area contributed by atoms with Crippen molar-refractivity contribution in [3.63, 3.8) is 0 Å². The summed E-state index contributed by atoms with van der Waals surface area (Å²) in [6.07, 6.45) is 3.92. The molecule has 2 aliphatic heterocycles. The Morgan fingerprint density at radius 1 is 1.54 bits per heavy atom. The molecule has 4 nitrogen and oxygen atoms in total. The first-order valence-corrected chi connectivity index (χ1v) is 4.99. The highest BCUT2D eigenvalue weighted by molar-refractivity contribution is 5.74. The molecule has 2 saturated heterocycles. The van der Waals surface area contributed by atoms with E-state index in [-0.39, 0.29) is 18.2 Å². The van der Waals surface area contributed by atoms with E-state index < -0.39 is 0 Å². The van der Waals surface area contributed by atoms with E-state index in [1.165, 1.54) is 0 Å². The molecule has 0 aromatic heterocycles. The van der Waals surface area contributed by atoms with Crippen LogP contribution in [-0.4, -0.2) is 30.8 Å². The molecule has 74 valence electrons. The van der Waals surface area contributed by atoms with Crippen LogP contribution < -0.4 is 10.6 Å². The van der Waals surface area contributed by atoms with Crippen LogP contribution in [0.1, 0.15) is 26.2 Å². The lowest BCUT2D eigenvalue weighted by molar-refractivity contribution is 0.0981. The van der Waals surface area contributed by atoms with Gasteiger partial charge in [0.15, 0.2) is 0 Å². The summed E-state index contributed by atoms with van der Waals surface area (Å²) in [6, 6.07) is 0.175. The second-order valence-corrected chi connectivity index (χ2v) is 3.72. The number of rotatable bonds is 2. The van der Waals surface area contributed by atoms with Crippen LogP contribution in [0.4, 0.5) is 4.79 Å². The Balaban J connectivity index is 1.79. The van der Waals surface area contributed by atoms with Gasteiger partial charge in [0.2, 0.25) is 0 Å². The van der Waals surface area contributed by atoms with Gasteiger partial charge in [-0.25, -0.2) is 4.79 Å². The summed E-state index contributed by atoms with van der Waals surface area (Å²) < 4.78 is 5.62. The smallest absolute Gasteiger partial charge is 0.315 e. The molecular weight excluding hydrogens is 168 g/mol. The van der Waals surface area contributed by atoms with E-state index in [0.29, 0.717) is 12.6 Å². The van der Waals surface area contributed by atoms with Gasteiger partial charge in [0.05, 0.1) is 18.2 Å². The van der Waals surface area contributed by atoms with Gasteiger partial charge >= 0.3 is 6.03 Å². The fraction of sp³-hybridized carbons (Fsp3) is 0.889. The van der Waals surface area contributed by atoms with Gasteiger partial charge in [-0.15, -0.1) is 0 Å². The van der Waals surface area contributed by atoms with Gasteiger partial charge in [-0.3, -0.25) is 0 Å². The number of ether oxygens (including phenoxy) is 1. The summed E-state index contributed by atoms with van der Waals surface area (Å²) in [6.45, 7) is 2.59. The molecule has 3 unspecified atom stereocenters. The van der Waals surface area contributed by atoms with Crippen LogP contribution >= 0.6 is 0 Å². The zero-order chi connectivity index (χ0) is 9.26. The lowest BCUT2D eigenvalue weighted by Gasteiger charge is -2.19. The van der Waals surface area contributed by atoms with E-state index in [0.717, 1.165) is 19.3 Å². The van der Waals surface area contributed by atoms with Crippen molar-refractivity contribution in [2.75, 3.05) is 6.54 Å². The first-order chi connectivity index (χ1) is 6.29. The van der Waals surface area contributed by atoms with Gasteiger partial charge in [-0.1, -0.05) is 0 Å². The van der Waals surface area contributed by atoms with Crippen molar-refractivity contribution in [3.05, 3.63) is 0 Å². The molecule has 3 atom stereocenters. The Hall–Kier alpha value is -0.770. The molecule has 13 heavy (non-hydrogen) atoms. The van der Waals surface area contributed by atoms with Crippen molar-refractivity contribution in [2.45, 2.75) is 44.4 Å². The molecule has 2 bridgehead atoms. The monoisotopic (exact) mass is 184 g/mol. The van der Waals surface area contributed by atoms with Crippen LogP contribution in [0.3, 0.4) is 0 Å². The molecule has 0 saturated carbocycles. The van der Waals surface area contributed by atoms with Gasteiger partial charge in [0.1, 0.15) is 0 Å². The molecule has 2 heterocycles. The van der Waals surface area contributed by atoms with Crippen LogP contribution in [-0.2, 0) is 4.74 Å². The maximum absolute atomic E-state index is 11.2. The minimum Gasteiger partial charge on any atom is -0.373 e. The van der Waals surface area contributed by atoms with E-state index in [2.05, 4.69) is 10.6 Å². The Labute approximate surface area is 78.0 Å². The number of hydrogen-bond acceptors (Lipinski definition) is 2. The van der Waals surface area contributed by atoms with Crippen LogP contribution in [0.5, 0.6) is 0 Å². The first kappa shape index (κ1) is 8.81. The van der Waals surface area contributed by atoms with Crippen molar-refractivity contribution < 1.29 is 9.53 Å². The highest BCUT2D eigenvalue weighted by atomic mass is 16.5. The summed E-state index contributed by atoms with van der Waals surface area (Å²) in [4.78, 5) is 11.2. The molecule has 0 aromatic rings. The molecule has 0 radical (unpaired) electrons. The minimum absolute atomic E-state index is 0.0661. The molecule has 2 N–H and O–H groups in total. The number of carbonyl (C=O) groups excluding carboxylic acids is 1. The number of carbonyl (C=O) groups is 1. The van der Waals surface area contributed by atoms with Crippen molar-refractivity contribution in [2.24, 2.45) is 0 Å². The van der Waals surface area contributed by atoms with Gasteiger partial charge in [0, 0.05) is 6.54 Å². The fourth-order valence-corrected chi connectivity index (χ4v) is 2.17. The normalized spacial score (nSPS) is 36.2. The molecule has 4 heteroatoms. The van der Waals surface area contributed by atoms with Gasteiger partial charge < -0.3 is 15.4 Å². The van der Waals surface area contributed by atoms with Gasteiger partial charge in [-0.05, 0) is 26.2 Å². The summed E-state index contributed by atoms with van der Waals surface area (Å²) >= 11 is 0. The number of amides is 2. The summed E-state index contributed by atoms with van der Waals surface area (Å²) in [5.74, 6) is 0. The molecule has 2 aliphatic rings. The van der Waals surface area contributed by atoms with E-state index in [4.69, 9.17) is 4.74 Å². The van der Waals surface area contributed by atoms with E-state index in [9.17, 15) is 4.79 Å². The van der Waals surface area contributed by atoms with Crippen LogP contribution in [0.15, 0.2) is 0 Å². The van der Waals surface area contributed by atoms with Crippen molar-refractivity contribution in [1.29, 1.82) is 0 Å². The van der Waals surface area contributed by atoms with Crippen molar-refractivity contribution in [3.8, 4) is 0 Å². The zero-order valence-electron chi connectivity index (χ0n) is 7.88. The average molecular weight is 184 g/mol. The highest BCUT2D eigenvalue weighted by Crippen LogP contribution is 2.34. The maximum atomic E-state index is 11.2. The highest BCUT2D eigenvalue weighted by Gasteiger charge is 2.41. The van der Waals surface area contributed by atoms with Crippen LogP contribution in [0.2, 0.25) is 0 Å². The fourth-order valence-electron chi connectivity index (χ4n) is 2.17. The van der Waals surface area contributed by atoms with E-state index in [1.54, 1.807) is 0 Å². The summed E-state index contributed by atoms with van der Waals surface area (Å²) in [5.41, 5.74) is 0. The van der Waals surface area contributed by atoms with Gasteiger partial charge in [0.25, 0.3) is 0 Å². The van der Waals surface area contributed by atoms with E-state index in [1.807, 2.05) is 6.92 Å². The van der Waals surface area contributed by atoms with Crippen LogP contribution in [0.25, 0.3) is 0 Å². The SMILES string of the molecule is CCNC(=O)NC1CC2CCC1O2. The van der Waals surface area contributed by atoms with Crippen molar-refractivity contribution >= 4 is 6.03 Å². The molecule has 0 aliphatic carbocycles. The number of urea groups is 1. The standard InChI is InChI=1S/C9H16N2O2/c1-2-10-9(12)11-7-5-6-3-4-8(7)13-6/h6-8H,2-5H2,1H3,(H2,10,11,12). The summed E-state index contributed by atoms with van der Waals surface area (Å²) in [7, 11) is 0. The molecule has 2 fully saturated rings. The number of fused-ring (bicyclic) bond motifs is 2. The lowest BCUT2D eigenvalue weighted by atomic mass is 9.96. The second kappa shape index (κ2) is 3.54. The maximum Gasteiger partial charge on any atom is 0.315 e. The van der Waals surface area contributed by atoms with E-state index >= 15 is 0 Å². The Kier molecular flexibility index (Phi) is 2.40. The Morgan fingerprint density at radius 2 is 2.38 bits per heavy atom. The number of nitrogens with one attached hydrogen (secondary N) is 2. The van der Waals surface area contributed by atoms with Gasteiger partial charge in [-0.2, -0.15) is 0 Å². The third kappa shape index (κ3) is 1.77.